The van der Waals surface area contributed by atoms with Gasteiger partial charge in [-0.25, -0.2) is 0 Å². The molecule has 0 saturated heterocycles. The minimum atomic E-state index is -0.789. The van der Waals surface area contributed by atoms with Gasteiger partial charge in [0.2, 0.25) is 0 Å². The minimum Gasteiger partial charge on any atom is -0.309 e. The Morgan fingerprint density at radius 1 is 0.273 bits per heavy atom. The lowest BCUT2D eigenvalue weighted by Gasteiger charge is -2.45. The summed E-state index contributed by atoms with van der Waals surface area (Å²) in [7, 11) is 0. The number of hydrogen-bond acceptors (Lipinski definition) is 2. The fourth-order valence-corrected chi connectivity index (χ4v) is 16.1. The third-order valence-corrected chi connectivity index (χ3v) is 20.6. The Morgan fingerprint density at radius 3 is 1.26 bits per heavy atom. The molecule has 0 amide bonds. The van der Waals surface area contributed by atoms with E-state index < -0.39 is 73.2 Å². The van der Waals surface area contributed by atoms with E-state index in [9.17, 15) is 19.2 Å². The molecule has 20 rings (SSSR count). The molecule has 0 bridgehead atoms. The Kier molecular flexibility index (Phi) is 9.57. The van der Waals surface area contributed by atoms with Gasteiger partial charge >= 0.3 is 0 Å². The van der Waals surface area contributed by atoms with Crippen LogP contribution in [0, 0.1) is 0 Å². The molecule has 0 fully saturated rings. The van der Waals surface area contributed by atoms with Gasteiger partial charge in [-0.2, -0.15) is 0 Å². The van der Waals surface area contributed by atoms with Gasteiger partial charge in [0.15, 0.2) is 0 Å². The summed E-state index contributed by atoms with van der Waals surface area (Å²) in [6, 6.07) is 68.4. The number of benzene rings is 14. The zero-order chi connectivity index (χ0) is 78.3. The zero-order valence-corrected chi connectivity index (χ0v) is 55.1. The van der Waals surface area contributed by atoms with E-state index in [-0.39, 0.29) is 83.9 Å². The van der Waals surface area contributed by atoms with Gasteiger partial charge in [0, 0.05) is 82.9 Å². The molecule has 14 aromatic carbocycles. The van der Waals surface area contributed by atoms with Gasteiger partial charge in [-0.1, -0.05) is 235 Å². The summed E-state index contributed by atoms with van der Waals surface area (Å²) >= 11 is 0. The van der Waals surface area contributed by atoms with Crippen LogP contribution >= 0.6 is 0 Å². The molecule has 0 radical (unpaired) electrons. The van der Waals surface area contributed by atoms with Gasteiger partial charge in [0.05, 0.1) is 80.4 Å². The molecular weight excluding hydrogens is 1200 g/mol. The Balaban J connectivity index is 1.03. The van der Waals surface area contributed by atoms with Crippen molar-refractivity contribution < 1.29 is 19.2 Å². The van der Waals surface area contributed by atoms with Crippen molar-refractivity contribution in [1.82, 2.24) is 18.3 Å². The predicted molar refractivity (Wildman–Crippen MR) is 421 cm³/mol. The lowest BCUT2D eigenvalue weighted by Crippen LogP contribution is -2.61. The molecule has 6 heterocycles. The van der Waals surface area contributed by atoms with Crippen molar-refractivity contribution in [2.24, 2.45) is 0 Å². The van der Waals surface area contributed by atoms with Crippen LogP contribution in [0.15, 0.2) is 309 Å². The molecule has 18 aromatic rings. The van der Waals surface area contributed by atoms with E-state index >= 15 is 0 Å². The first-order chi connectivity index (χ1) is 54.2. The van der Waals surface area contributed by atoms with Crippen LogP contribution in [-0.4, -0.2) is 25.0 Å². The highest BCUT2D eigenvalue weighted by Crippen LogP contribution is 2.52. The van der Waals surface area contributed by atoms with Crippen molar-refractivity contribution in [3.8, 4) is 33.9 Å². The molecule has 0 unspecified atom stereocenters. The average Bonchev–Trinajstić information content (AvgIpc) is 1.67. The average molecular weight is 1280 g/mol. The van der Waals surface area contributed by atoms with Crippen LogP contribution in [0.1, 0.15) is 71.9 Å². The summed E-state index contributed by atoms with van der Waals surface area (Å²) in [5.74, 6) is 0. The van der Waals surface area contributed by atoms with E-state index in [1.807, 2.05) is 137 Å². The smallest absolute Gasteiger partial charge is 0.252 e. The van der Waals surface area contributed by atoms with Gasteiger partial charge in [-0.15, -0.1) is 0 Å². The second-order valence-electron chi connectivity index (χ2n) is 28.2. The Labute approximate surface area is 595 Å². The topological polar surface area (TPSA) is 26.2 Å². The monoisotopic (exact) mass is 1280 g/mol. The predicted octanol–water partition coefficient (Wildman–Crippen LogP) is 22.4. The summed E-state index contributed by atoms with van der Waals surface area (Å²) in [5.41, 5.74) is 13.9. The highest BCUT2D eigenvalue weighted by Gasteiger charge is 2.45. The van der Waals surface area contributed by atoms with Crippen molar-refractivity contribution in [3.05, 3.63) is 320 Å². The molecule has 0 spiro atoms. The van der Waals surface area contributed by atoms with Crippen molar-refractivity contribution in [1.29, 1.82) is 0 Å². The Hall–Kier alpha value is -12.1. The standard InChI is InChI=1S/C92H69BN6/c1-91(2,3)60-45-50-80-72(53-60)73-54-61(92(4,5)6)46-51-81(73)94(80)64-47-48-74-85(55-64)99(84-43-25-37-71-69-35-19-23-41-79(69)97(90(71)84)63-30-14-9-15-31-63)87-57-65(95-76-38-20-16-32-66(76)67-33-17-21-39-77(67)95)56-86-88(87)93(74)75-52-59(58-26-10-7-11-27-58)44-49-82(75)98(86)83-42-24-36-70-68-34-18-22-40-78(68)96(89(70)83)62-28-12-8-13-29-62/h7-57H,1-6H3/i18D,19D,22D,23D,24D,25D,34D,35D,36D,37D,40D,41D,42D,43D. The van der Waals surface area contributed by atoms with E-state index in [0.29, 0.717) is 50.7 Å². The number of anilines is 6. The molecular formula is C92H69BN6. The summed E-state index contributed by atoms with van der Waals surface area (Å²) in [4.78, 5) is 3.97. The number of rotatable bonds is 7. The summed E-state index contributed by atoms with van der Waals surface area (Å²) < 4.78 is 147. The van der Waals surface area contributed by atoms with Crippen molar-refractivity contribution in [3.63, 3.8) is 0 Å². The maximum atomic E-state index is 11.0. The number of para-hydroxylation sites is 8. The molecule has 7 heteroatoms. The quantitative estimate of drug-likeness (QED) is 0.149. The Morgan fingerprint density at radius 2 is 0.727 bits per heavy atom. The van der Waals surface area contributed by atoms with Crippen LogP contribution in [-0.2, 0) is 10.8 Å². The Bertz CT molecular complexity index is 7150. The fraction of sp³-hybridized carbons (Fsp3) is 0.0870. The lowest BCUT2D eigenvalue weighted by atomic mass is 9.33. The molecule has 0 atom stereocenters. The molecule has 0 aliphatic carbocycles. The van der Waals surface area contributed by atoms with E-state index in [1.54, 1.807) is 9.13 Å². The molecule has 6 nitrogen and oxygen atoms in total. The molecule has 2 aliphatic rings. The number of nitrogens with zero attached hydrogens (tertiary/aromatic N) is 6. The number of aromatic nitrogens is 4. The van der Waals surface area contributed by atoms with Crippen LogP contribution in [0.3, 0.4) is 0 Å². The number of fused-ring (bicyclic) bond motifs is 16. The highest BCUT2D eigenvalue weighted by atomic mass is 15.2. The van der Waals surface area contributed by atoms with E-state index in [0.717, 1.165) is 77.0 Å². The first-order valence-electron chi connectivity index (χ1n) is 40.6. The third kappa shape index (κ3) is 8.44. The minimum absolute atomic E-state index is 0.000208. The van der Waals surface area contributed by atoms with Gasteiger partial charge in [0.25, 0.3) is 6.71 Å². The van der Waals surface area contributed by atoms with Gasteiger partial charge in [-0.3, -0.25) is 0 Å². The lowest BCUT2D eigenvalue weighted by molar-refractivity contribution is 0.590. The van der Waals surface area contributed by atoms with Crippen molar-refractivity contribution in [2.75, 3.05) is 9.80 Å². The van der Waals surface area contributed by atoms with Gasteiger partial charge in [-0.05, 0) is 165 Å². The SMILES string of the molecule is [2H]c1c([2H])c([2H])c2c(c1[2H])c1c([2H])c([2H])c([2H])c(N3c4ccc(-c5ccccc5)cc4B4c5ccc(-n6c7ccc(C(C)(C)C)cc7c7cc(C(C)(C)C)ccc76)cc5N(c5c([2H])c([2H])c([2H])c6c7c([2H])c([2H])c([2H])c([2H])c7n(-c7ccccc7)c56)c5cc(-n6c7ccccc7c7ccccc76)cc3c54)c1n2-c1ccccc1. The largest absolute Gasteiger partial charge is 0.309 e. The third-order valence-electron chi connectivity index (χ3n) is 20.6. The van der Waals surface area contributed by atoms with Gasteiger partial charge in [0.1, 0.15) is 0 Å². The van der Waals surface area contributed by atoms with Crippen LogP contribution in [0.5, 0.6) is 0 Å². The normalized spacial score (nSPS) is 15.1. The van der Waals surface area contributed by atoms with Crippen LogP contribution < -0.4 is 26.2 Å². The van der Waals surface area contributed by atoms with E-state index in [2.05, 4.69) is 148 Å². The fourth-order valence-electron chi connectivity index (χ4n) is 16.1. The van der Waals surface area contributed by atoms with Gasteiger partial charge < -0.3 is 28.1 Å². The first kappa shape index (κ1) is 44.6. The van der Waals surface area contributed by atoms with E-state index in [1.165, 1.54) is 0 Å². The molecule has 2 aliphatic heterocycles. The first-order valence-corrected chi connectivity index (χ1v) is 33.6. The zero-order valence-electron chi connectivity index (χ0n) is 69.1. The van der Waals surface area contributed by atoms with Crippen LogP contribution in [0.4, 0.5) is 34.1 Å². The van der Waals surface area contributed by atoms with Crippen LogP contribution in [0.2, 0.25) is 0 Å². The molecule has 470 valence electrons. The molecule has 0 N–H and O–H groups in total. The second-order valence-corrected chi connectivity index (χ2v) is 28.2. The van der Waals surface area contributed by atoms with Crippen molar-refractivity contribution in [2.45, 2.75) is 52.4 Å². The molecule has 4 aromatic heterocycles. The molecule has 0 saturated carbocycles. The number of hydrogen-bond donors (Lipinski definition) is 0. The van der Waals surface area contributed by atoms with Crippen LogP contribution in [0.25, 0.3) is 121 Å². The molecule has 99 heavy (non-hydrogen) atoms. The second kappa shape index (κ2) is 21.2. The summed E-state index contributed by atoms with van der Waals surface area (Å²) in [6.45, 7) is 12.5. The summed E-state index contributed by atoms with van der Waals surface area (Å²) in [6.07, 6.45) is 0. The maximum Gasteiger partial charge on any atom is 0.252 e. The van der Waals surface area contributed by atoms with Crippen molar-refractivity contribution >= 4 is 144 Å². The maximum absolute atomic E-state index is 11.0. The van der Waals surface area contributed by atoms with E-state index in [4.69, 9.17) is 0 Å². The summed E-state index contributed by atoms with van der Waals surface area (Å²) in [5, 5.41) is 4.00. The highest BCUT2D eigenvalue weighted by molar-refractivity contribution is 7.00.